The molecule has 2 N–H and O–H groups in total. The summed E-state index contributed by atoms with van der Waals surface area (Å²) in [5, 5.41) is 1.11. The van der Waals surface area contributed by atoms with Gasteiger partial charge in [-0.3, -0.25) is 0 Å². The molecule has 4 heteroatoms. The first-order valence-electron chi connectivity index (χ1n) is 9.32. The number of benzene rings is 2. The van der Waals surface area contributed by atoms with Crippen LogP contribution in [0.3, 0.4) is 0 Å². The van der Waals surface area contributed by atoms with Crippen molar-refractivity contribution in [3.8, 4) is 0 Å². The van der Waals surface area contributed by atoms with E-state index in [-0.39, 0.29) is 0 Å². The van der Waals surface area contributed by atoms with Gasteiger partial charge in [0.25, 0.3) is 0 Å². The zero-order chi connectivity index (χ0) is 17.9. The number of aromatic nitrogens is 3. The molecule has 0 amide bonds. The molecule has 4 aromatic rings. The van der Waals surface area contributed by atoms with E-state index >= 15 is 0 Å². The second-order valence-electron chi connectivity index (χ2n) is 6.85. The van der Waals surface area contributed by atoms with Crippen molar-refractivity contribution in [1.29, 1.82) is 0 Å². The second-order valence-corrected chi connectivity index (χ2v) is 6.85. The molecule has 0 bridgehead atoms. The molecule has 2 heterocycles. The van der Waals surface area contributed by atoms with Crippen molar-refractivity contribution in [3.05, 3.63) is 66.5 Å². The number of rotatable bonds is 6. The smallest absolute Gasteiger partial charge is 0.152 e. The number of anilines is 1. The largest absolute Gasteiger partial charge is 0.382 e. The molecule has 0 spiro atoms. The number of fused-ring (bicyclic) bond motifs is 3. The van der Waals surface area contributed by atoms with Gasteiger partial charge in [-0.15, -0.1) is 0 Å². The predicted molar refractivity (Wildman–Crippen MR) is 108 cm³/mol. The minimum absolute atomic E-state index is 0.354. The Morgan fingerprint density at radius 3 is 2.62 bits per heavy atom. The fraction of sp³-hybridized carbons (Fsp3) is 0.273. The monoisotopic (exact) mass is 344 g/mol. The van der Waals surface area contributed by atoms with Crippen molar-refractivity contribution in [2.24, 2.45) is 0 Å². The van der Waals surface area contributed by atoms with E-state index in [1.165, 1.54) is 18.4 Å². The van der Waals surface area contributed by atoms with Crippen LogP contribution in [0.1, 0.15) is 37.8 Å². The van der Waals surface area contributed by atoms with Crippen LogP contribution in [0.4, 0.5) is 5.82 Å². The number of pyridine rings is 1. The van der Waals surface area contributed by atoms with Crippen LogP contribution >= 0.6 is 0 Å². The lowest BCUT2D eigenvalue weighted by atomic mass is 10.0. The quantitative estimate of drug-likeness (QED) is 0.527. The minimum Gasteiger partial charge on any atom is -0.382 e. The Morgan fingerprint density at radius 2 is 1.81 bits per heavy atom. The van der Waals surface area contributed by atoms with Crippen molar-refractivity contribution >= 4 is 27.8 Å². The Balaban J connectivity index is 1.86. The standard InChI is InChI=1S/C22H24N4/c1-2-3-11-17(14-16-9-5-4-6-10-16)26-15-24-20-21(26)18-12-7-8-13-19(18)25-22(20)23/h4-10,12-13,15,17H,2-3,11,14H2,1H3,(H2,23,25). The molecule has 0 saturated heterocycles. The fourth-order valence-corrected chi connectivity index (χ4v) is 3.71. The number of nitrogens with zero attached hydrogens (tertiary/aromatic N) is 3. The number of unbranched alkanes of at least 4 members (excludes halogenated alkanes) is 1. The van der Waals surface area contributed by atoms with E-state index in [9.17, 15) is 0 Å². The van der Waals surface area contributed by atoms with Gasteiger partial charge < -0.3 is 10.3 Å². The van der Waals surface area contributed by atoms with Crippen LogP contribution in [0.15, 0.2) is 60.9 Å². The first kappa shape index (κ1) is 16.6. The molecule has 0 fully saturated rings. The normalized spacial score (nSPS) is 12.7. The summed E-state index contributed by atoms with van der Waals surface area (Å²) >= 11 is 0. The number of para-hydroxylation sites is 1. The third-order valence-corrected chi connectivity index (χ3v) is 5.03. The summed E-state index contributed by atoms with van der Waals surface area (Å²) in [6.07, 6.45) is 6.42. The van der Waals surface area contributed by atoms with Crippen molar-refractivity contribution in [1.82, 2.24) is 14.5 Å². The van der Waals surface area contributed by atoms with E-state index in [2.05, 4.69) is 63.9 Å². The SMILES string of the molecule is CCCCC(Cc1ccccc1)n1cnc2c(N)nc3ccccc3c21. The molecular formula is C22H24N4. The van der Waals surface area contributed by atoms with Gasteiger partial charge in [-0.2, -0.15) is 0 Å². The molecule has 2 aromatic carbocycles. The van der Waals surface area contributed by atoms with E-state index in [4.69, 9.17) is 5.73 Å². The third kappa shape index (κ3) is 3.03. The first-order chi connectivity index (χ1) is 12.8. The Morgan fingerprint density at radius 1 is 1.04 bits per heavy atom. The molecule has 1 unspecified atom stereocenters. The number of hydrogen-bond donors (Lipinski definition) is 1. The molecule has 0 aliphatic carbocycles. The average Bonchev–Trinajstić information content (AvgIpc) is 3.12. The van der Waals surface area contributed by atoms with Gasteiger partial charge in [0.1, 0.15) is 5.52 Å². The summed E-state index contributed by atoms with van der Waals surface area (Å²) < 4.78 is 2.32. The average molecular weight is 344 g/mol. The molecule has 4 rings (SSSR count). The van der Waals surface area contributed by atoms with Crippen LogP contribution < -0.4 is 5.73 Å². The van der Waals surface area contributed by atoms with Crippen LogP contribution in [0.25, 0.3) is 21.9 Å². The molecule has 0 saturated carbocycles. The zero-order valence-corrected chi connectivity index (χ0v) is 15.1. The molecular weight excluding hydrogens is 320 g/mol. The lowest BCUT2D eigenvalue weighted by molar-refractivity contribution is 0.456. The molecule has 26 heavy (non-hydrogen) atoms. The van der Waals surface area contributed by atoms with Crippen LogP contribution in [-0.4, -0.2) is 14.5 Å². The predicted octanol–water partition coefficient (Wildman–Crippen LogP) is 5.14. The lowest BCUT2D eigenvalue weighted by Crippen LogP contribution is -2.12. The highest BCUT2D eigenvalue weighted by Gasteiger charge is 2.18. The molecule has 0 aliphatic heterocycles. The first-order valence-corrected chi connectivity index (χ1v) is 9.32. The van der Waals surface area contributed by atoms with Crippen LogP contribution in [0, 0.1) is 0 Å². The Bertz CT molecular complexity index is 1020. The third-order valence-electron chi connectivity index (χ3n) is 5.03. The van der Waals surface area contributed by atoms with E-state index in [1.54, 1.807) is 0 Å². The Hall–Kier alpha value is -2.88. The minimum atomic E-state index is 0.354. The summed E-state index contributed by atoms with van der Waals surface area (Å²) in [5.41, 5.74) is 10.4. The van der Waals surface area contributed by atoms with Gasteiger partial charge in [-0.05, 0) is 24.5 Å². The molecule has 0 aliphatic rings. The fourth-order valence-electron chi connectivity index (χ4n) is 3.71. The van der Waals surface area contributed by atoms with E-state index < -0.39 is 0 Å². The van der Waals surface area contributed by atoms with Gasteiger partial charge in [0.15, 0.2) is 5.82 Å². The van der Waals surface area contributed by atoms with E-state index in [0.717, 1.165) is 34.8 Å². The molecule has 132 valence electrons. The summed E-state index contributed by atoms with van der Waals surface area (Å²) in [6, 6.07) is 19.2. The second kappa shape index (κ2) is 7.16. The summed E-state index contributed by atoms with van der Waals surface area (Å²) in [4.78, 5) is 9.14. The van der Waals surface area contributed by atoms with Crippen LogP contribution in [0.2, 0.25) is 0 Å². The maximum Gasteiger partial charge on any atom is 0.152 e. The Kier molecular flexibility index (Phi) is 4.57. The number of imidazole rings is 1. The molecule has 2 aromatic heterocycles. The highest BCUT2D eigenvalue weighted by molar-refractivity contribution is 6.06. The van der Waals surface area contributed by atoms with Crippen LogP contribution in [-0.2, 0) is 6.42 Å². The number of hydrogen-bond acceptors (Lipinski definition) is 3. The Labute approximate surface area is 153 Å². The maximum atomic E-state index is 6.20. The van der Waals surface area contributed by atoms with Gasteiger partial charge >= 0.3 is 0 Å². The summed E-state index contributed by atoms with van der Waals surface area (Å²) in [7, 11) is 0. The highest BCUT2D eigenvalue weighted by atomic mass is 15.1. The van der Waals surface area contributed by atoms with Crippen molar-refractivity contribution in [2.45, 2.75) is 38.6 Å². The van der Waals surface area contributed by atoms with Gasteiger partial charge in [0.2, 0.25) is 0 Å². The molecule has 1 atom stereocenters. The van der Waals surface area contributed by atoms with Crippen molar-refractivity contribution < 1.29 is 0 Å². The van der Waals surface area contributed by atoms with E-state index in [0.29, 0.717) is 11.9 Å². The van der Waals surface area contributed by atoms with Gasteiger partial charge in [0.05, 0.1) is 17.4 Å². The molecule has 4 nitrogen and oxygen atoms in total. The maximum absolute atomic E-state index is 6.20. The van der Waals surface area contributed by atoms with E-state index in [1.807, 2.05) is 18.5 Å². The zero-order valence-electron chi connectivity index (χ0n) is 15.1. The van der Waals surface area contributed by atoms with Gasteiger partial charge in [-0.1, -0.05) is 68.3 Å². The lowest BCUT2D eigenvalue weighted by Gasteiger charge is -2.20. The number of nitrogen functional groups attached to an aromatic ring is 1. The summed E-state index contributed by atoms with van der Waals surface area (Å²) in [5.74, 6) is 0.506. The summed E-state index contributed by atoms with van der Waals surface area (Å²) in [6.45, 7) is 2.24. The van der Waals surface area contributed by atoms with Crippen molar-refractivity contribution in [2.75, 3.05) is 5.73 Å². The van der Waals surface area contributed by atoms with Crippen LogP contribution in [0.5, 0.6) is 0 Å². The number of nitrogens with two attached hydrogens (primary N) is 1. The topological polar surface area (TPSA) is 56.7 Å². The highest BCUT2D eigenvalue weighted by Crippen LogP contribution is 2.31. The van der Waals surface area contributed by atoms with Gasteiger partial charge in [0, 0.05) is 11.4 Å². The van der Waals surface area contributed by atoms with Gasteiger partial charge in [-0.25, -0.2) is 9.97 Å². The van der Waals surface area contributed by atoms with Crippen molar-refractivity contribution in [3.63, 3.8) is 0 Å². The molecule has 0 radical (unpaired) electrons.